The van der Waals surface area contributed by atoms with Crippen LogP contribution in [0.5, 0.6) is 0 Å². The molecule has 5 heteroatoms. The number of nitrogens with one attached hydrogen (secondary N) is 1. The third-order valence-electron chi connectivity index (χ3n) is 1.75. The van der Waals surface area contributed by atoms with E-state index in [9.17, 15) is 9.59 Å². The second kappa shape index (κ2) is 2.48. The fraction of sp³-hybridized carbons (Fsp3) is 0. The molecule has 0 spiro atoms. The number of hydrogen-bond donors (Lipinski definition) is 2. The summed E-state index contributed by atoms with van der Waals surface area (Å²) >= 11 is 0. The smallest absolute Gasteiger partial charge is 0.353 e. The number of nitrogens with zero attached hydrogens (tertiary/aromatic N) is 1. The SMILES string of the molecule is O=C(O)c1cc(=O)c2cccn2[nH]1. The van der Waals surface area contributed by atoms with E-state index in [2.05, 4.69) is 5.10 Å². The fourth-order valence-electron chi connectivity index (χ4n) is 1.16. The van der Waals surface area contributed by atoms with Crippen LogP contribution in [-0.2, 0) is 0 Å². The quantitative estimate of drug-likeness (QED) is 0.660. The second-order valence-corrected chi connectivity index (χ2v) is 2.60. The molecule has 0 fully saturated rings. The molecule has 0 amide bonds. The van der Waals surface area contributed by atoms with Gasteiger partial charge in [-0.05, 0) is 12.1 Å². The number of carboxylic acids is 1. The molecule has 13 heavy (non-hydrogen) atoms. The van der Waals surface area contributed by atoms with Gasteiger partial charge in [-0.25, -0.2) is 4.79 Å². The van der Waals surface area contributed by atoms with Gasteiger partial charge in [0.05, 0.1) is 0 Å². The van der Waals surface area contributed by atoms with Gasteiger partial charge < -0.3 is 5.11 Å². The number of aromatic amines is 1. The van der Waals surface area contributed by atoms with E-state index in [1.165, 1.54) is 4.52 Å². The highest BCUT2D eigenvalue weighted by molar-refractivity contribution is 5.85. The summed E-state index contributed by atoms with van der Waals surface area (Å²) in [6.45, 7) is 0. The summed E-state index contributed by atoms with van der Waals surface area (Å²) in [5.74, 6) is -1.15. The van der Waals surface area contributed by atoms with Gasteiger partial charge in [0.1, 0.15) is 11.2 Å². The minimum absolute atomic E-state index is 0.117. The Morgan fingerprint density at radius 1 is 1.54 bits per heavy atom. The summed E-state index contributed by atoms with van der Waals surface area (Å²) < 4.78 is 1.38. The van der Waals surface area contributed by atoms with Crippen LogP contribution in [0.25, 0.3) is 5.52 Å². The number of rotatable bonds is 1. The van der Waals surface area contributed by atoms with Gasteiger partial charge in [-0.1, -0.05) is 0 Å². The molecule has 0 saturated carbocycles. The Morgan fingerprint density at radius 3 is 3.00 bits per heavy atom. The van der Waals surface area contributed by atoms with Gasteiger partial charge in [0.25, 0.3) is 0 Å². The summed E-state index contributed by atoms with van der Waals surface area (Å²) in [5.41, 5.74) is 0.0138. The molecule has 0 aromatic carbocycles. The van der Waals surface area contributed by atoms with Gasteiger partial charge in [0.15, 0.2) is 0 Å². The molecule has 66 valence electrons. The van der Waals surface area contributed by atoms with Crippen molar-refractivity contribution in [3.63, 3.8) is 0 Å². The van der Waals surface area contributed by atoms with E-state index in [0.717, 1.165) is 6.07 Å². The largest absolute Gasteiger partial charge is 0.477 e. The first-order valence-electron chi connectivity index (χ1n) is 3.62. The molecular formula is C8H6N2O3. The first-order chi connectivity index (χ1) is 6.18. The number of carbonyl (C=O) groups is 1. The van der Waals surface area contributed by atoms with Gasteiger partial charge in [-0.2, -0.15) is 0 Å². The Kier molecular flexibility index (Phi) is 1.45. The standard InChI is InChI=1S/C8H6N2O3/c11-7-4-5(8(12)13)9-10-3-1-2-6(7)10/h1-4,9H,(H,12,13). The van der Waals surface area contributed by atoms with Gasteiger partial charge in [0, 0.05) is 12.3 Å². The van der Waals surface area contributed by atoms with E-state index >= 15 is 0 Å². The molecule has 0 unspecified atom stereocenters. The lowest BCUT2D eigenvalue weighted by Gasteiger charge is -1.97. The molecular weight excluding hydrogens is 172 g/mol. The Labute approximate surface area is 72.2 Å². The van der Waals surface area contributed by atoms with Crippen molar-refractivity contribution in [2.45, 2.75) is 0 Å². The fourth-order valence-corrected chi connectivity index (χ4v) is 1.16. The highest BCUT2D eigenvalue weighted by Crippen LogP contribution is 1.97. The molecule has 2 heterocycles. The summed E-state index contributed by atoms with van der Waals surface area (Å²) in [4.78, 5) is 21.8. The van der Waals surface area contributed by atoms with Crippen molar-refractivity contribution in [3.8, 4) is 0 Å². The van der Waals surface area contributed by atoms with Crippen molar-refractivity contribution in [2.24, 2.45) is 0 Å². The van der Waals surface area contributed by atoms with Crippen LogP contribution in [0.1, 0.15) is 10.5 Å². The maximum atomic E-state index is 11.3. The molecule has 2 aromatic rings. The predicted molar refractivity (Wildman–Crippen MR) is 45.0 cm³/mol. The first kappa shape index (κ1) is 7.60. The third kappa shape index (κ3) is 1.10. The zero-order valence-corrected chi connectivity index (χ0v) is 6.52. The van der Waals surface area contributed by atoms with Crippen molar-refractivity contribution in [2.75, 3.05) is 0 Å². The van der Waals surface area contributed by atoms with Crippen molar-refractivity contribution in [3.05, 3.63) is 40.3 Å². The summed E-state index contributed by atoms with van der Waals surface area (Å²) in [5, 5.41) is 11.2. The molecule has 0 aliphatic carbocycles. The lowest BCUT2D eigenvalue weighted by molar-refractivity contribution is 0.0688. The lowest BCUT2D eigenvalue weighted by atomic mass is 10.3. The van der Waals surface area contributed by atoms with Crippen molar-refractivity contribution < 1.29 is 9.90 Å². The molecule has 0 saturated heterocycles. The van der Waals surface area contributed by atoms with E-state index < -0.39 is 5.97 Å². The van der Waals surface area contributed by atoms with Crippen molar-refractivity contribution >= 4 is 11.5 Å². The molecule has 0 aliphatic rings. The monoisotopic (exact) mass is 178 g/mol. The van der Waals surface area contributed by atoms with Gasteiger partial charge in [-0.15, -0.1) is 0 Å². The Morgan fingerprint density at radius 2 is 2.31 bits per heavy atom. The van der Waals surface area contributed by atoms with Gasteiger partial charge in [-0.3, -0.25) is 14.4 Å². The van der Waals surface area contributed by atoms with E-state index in [-0.39, 0.29) is 11.1 Å². The maximum Gasteiger partial charge on any atom is 0.353 e. The normalized spacial score (nSPS) is 10.5. The van der Waals surface area contributed by atoms with Crippen LogP contribution < -0.4 is 5.43 Å². The molecule has 0 aliphatic heterocycles. The second-order valence-electron chi connectivity index (χ2n) is 2.60. The number of hydrogen-bond acceptors (Lipinski definition) is 2. The minimum atomic E-state index is -1.15. The van der Waals surface area contributed by atoms with E-state index in [1.54, 1.807) is 18.3 Å². The van der Waals surface area contributed by atoms with Crippen LogP contribution in [0.2, 0.25) is 0 Å². The maximum absolute atomic E-state index is 11.3. The molecule has 0 radical (unpaired) electrons. The van der Waals surface area contributed by atoms with Crippen LogP contribution in [-0.4, -0.2) is 20.7 Å². The molecule has 5 nitrogen and oxygen atoms in total. The molecule has 0 bridgehead atoms. The number of aromatic nitrogens is 2. The Balaban J connectivity index is 2.85. The van der Waals surface area contributed by atoms with Crippen molar-refractivity contribution in [1.82, 2.24) is 9.61 Å². The number of carboxylic acid groups (broad SMARTS) is 1. The van der Waals surface area contributed by atoms with Crippen LogP contribution in [0.4, 0.5) is 0 Å². The van der Waals surface area contributed by atoms with Crippen LogP contribution >= 0.6 is 0 Å². The van der Waals surface area contributed by atoms with E-state index in [1.807, 2.05) is 0 Å². The zero-order chi connectivity index (χ0) is 9.42. The Hall–Kier alpha value is -2.04. The molecule has 2 N–H and O–H groups in total. The molecule has 0 atom stereocenters. The van der Waals surface area contributed by atoms with Crippen LogP contribution in [0.3, 0.4) is 0 Å². The zero-order valence-electron chi connectivity index (χ0n) is 6.52. The lowest BCUT2D eigenvalue weighted by Crippen LogP contribution is -2.12. The average molecular weight is 178 g/mol. The molecule has 2 aromatic heterocycles. The topological polar surface area (TPSA) is 74.6 Å². The van der Waals surface area contributed by atoms with Crippen LogP contribution in [0, 0.1) is 0 Å². The highest BCUT2D eigenvalue weighted by Gasteiger charge is 2.06. The minimum Gasteiger partial charge on any atom is -0.477 e. The number of H-pyrrole nitrogens is 1. The first-order valence-corrected chi connectivity index (χ1v) is 3.62. The van der Waals surface area contributed by atoms with Gasteiger partial charge >= 0.3 is 5.97 Å². The summed E-state index contributed by atoms with van der Waals surface area (Å²) in [7, 11) is 0. The summed E-state index contributed by atoms with van der Waals surface area (Å²) in [6.07, 6.45) is 1.59. The number of fused-ring (bicyclic) bond motifs is 1. The Bertz CT molecular complexity index is 523. The molecule has 2 rings (SSSR count). The van der Waals surface area contributed by atoms with Gasteiger partial charge in [0.2, 0.25) is 5.43 Å². The average Bonchev–Trinajstić information content (AvgIpc) is 2.51. The number of aromatic carboxylic acids is 1. The predicted octanol–water partition coefficient (Wildman–Crippen LogP) is 0.326. The van der Waals surface area contributed by atoms with Crippen molar-refractivity contribution in [1.29, 1.82) is 0 Å². The third-order valence-corrected chi connectivity index (χ3v) is 1.75. The summed E-state index contributed by atoms with van der Waals surface area (Å²) in [6, 6.07) is 4.35. The van der Waals surface area contributed by atoms with E-state index in [0.29, 0.717) is 5.52 Å². The van der Waals surface area contributed by atoms with E-state index in [4.69, 9.17) is 5.11 Å². The van der Waals surface area contributed by atoms with Crippen LogP contribution in [0.15, 0.2) is 29.2 Å². The highest BCUT2D eigenvalue weighted by atomic mass is 16.4.